The number of benzene rings is 1. The van der Waals surface area contributed by atoms with Crippen LogP contribution in [0.2, 0.25) is 5.02 Å². The number of nitrogens with one attached hydrogen (secondary N) is 1. The summed E-state index contributed by atoms with van der Waals surface area (Å²) >= 11 is 6.13. The van der Waals surface area contributed by atoms with Gasteiger partial charge in [0.05, 0.1) is 25.5 Å². The van der Waals surface area contributed by atoms with Crippen molar-refractivity contribution in [1.82, 2.24) is 9.97 Å². The SMILES string of the molecule is COC(=O)c1cnc(NC(C)c2ccccc2Cl)cn1. The van der Waals surface area contributed by atoms with Gasteiger partial charge in [0.1, 0.15) is 5.82 Å². The average Bonchev–Trinajstić information content (AvgIpc) is 2.47. The van der Waals surface area contributed by atoms with Gasteiger partial charge in [0.25, 0.3) is 0 Å². The number of hydrogen-bond acceptors (Lipinski definition) is 5. The van der Waals surface area contributed by atoms with Crippen LogP contribution < -0.4 is 5.32 Å². The average molecular weight is 292 g/mol. The second-order valence-corrected chi connectivity index (χ2v) is 4.57. The Labute approximate surface area is 122 Å². The van der Waals surface area contributed by atoms with Crippen LogP contribution in [0.5, 0.6) is 0 Å². The van der Waals surface area contributed by atoms with Gasteiger partial charge >= 0.3 is 5.97 Å². The predicted octanol–water partition coefficient (Wildman–Crippen LogP) is 3.09. The zero-order valence-electron chi connectivity index (χ0n) is 11.1. The molecule has 0 radical (unpaired) electrons. The van der Waals surface area contributed by atoms with Crippen LogP contribution >= 0.6 is 11.6 Å². The van der Waals surface area contributed by atoms with Gasteiger partial charge in [-0.25, -0.2) is 14.8 Å². The number of methoxy groups -OCH3 is 1. The summed E-state index contributed by atoms with van der Waals surface area (Å²) in [6.07, 6.45) is 2.85. The van der Waals surface area contributed by atoms with E-state index >= 15 is 0 Å². The molecule has 1 heterocycles. The highest BCUT2D eigenvalue weighted by Crippen LogP contribution is 2.24. The number of esters is 1. The lowest BCUT2D eigenvalue weighted by atomic mass is 10.1. The minimum absolute atomic E-state index is 0.0259. The van der Waals surface area contributed by atoms with Gasteiger partial charge in [0.2, 0.25) is 0 Å². The van der Waals surface area contributed by atoms with E-state index in [0.717, 1.165) is 5.56 Å². The molecule has 0 fully saturated rings. The largest absolute Gasteiger partial charge is 0.464 e. The quantitative estimate of drug-likeness (QED) is 0.877. The maximum atomic E-state index is 11.3. The number of nitrogens with zero attached hydrogens (tertiary/aromatic N) is 2. The molecule has 0 aliphatic heterocycles. The van der Waals surface area contributed by atoms with Crippen molar-refractivity contribution in [1.29, 1.82) is 0 Å². The van der Waals surface area contributed by atoms with E-state index in [4.69, 9.17) is 11.6 Å². The molecular weight excluding hydrogens is 278 g/mol. The first kappa shape index (κ1) is 14.3. The Morgan fingerprint density at radius 1 is 1.30 bits per heavy atom. The third-order valence-corrected chi connectivity index (χ3v) is 3.13. The van der Waals surface area contributed by atoms with Gasteiger partial charge in [-0.3, -0.25) is 0 Å². The summed E-state index contributed by atoms with van der Waals surface area (Å²) in [5, 5.41) is 3.86. The molecule has 0 bridgehead atoms. The van der Waals surface area contributed by atoms with E-state index in [1.807, 2.05) is 31.2 Å². The Morgan fingerprint density at radius 2 is 2.05 bits per heavy atom. The second-order valence-electron chi connectivity index (χ2n) is 4.17. The Bertz CT molecular complexity index is 602. The van der Waals surface area contributed by atoms with E-state index in [1.165, 1.54) is 19.5 Å². The van der Waals surface area contributed by atoms with E-state index in [1.54, 1.807) is 0 Å². The molecule has 0 aliphatic rings. The molecule has 1 unspecified atom stereocenters. The number of halogens is 1. The summed E-state index contributed by atoms with van der Waals surface area (Å²) < 4.78 is 4.56. The lowest BCUT2D eigenvalue weighted by Crippen LogP contribution is -2.10. The molecule has 2 aromatic rings. The van der Waals surface area contributed by atoms with Crippen molar-refractivity contribution >= 4 is 23.4 Å². The maximum Gasteiger partial charge on any atom is 0.358 e. The summed E-state index contributed by atoms with van der Waals surface area (Å²) in [5.41, 5.74) is 1.14. The van der Waals surface area contributed by atoms with Crippen molar-refractivity contribution in [3.8, 4) is 0 Å². The van der Waals surface area contributed by atoms with Gasteiger partial charge in [-0.15, -0.1) is 0 Å². The smallest absolute Gasteiger partial charge is 0.358 e. The highest BCUT2D eigenvalue weighted by atomic mass is 35.5. The molecule has 20 heavy (non-hydrogen) atoms. The minimum atomic E-state index is -0.511. The van der Waals surface area contributed by atoms with Crippen molar-refractivity contribution in [2.24, 2.45) is 0 Å². The van der Waals surface area contributed by atoms with Gasteiger partial charge < -0.3 is 10.1 Å². The predicted molar refractivity (Wildman–Crippen MR) is 76.9 cm³/mol. The highest BCUT2D eigenvalue weighted by molar-refractivity contribution is 6.31. The third-order valence-electron chi connectivity index (χ3n) is 2.78. The summed E-state index contributed by atoms with van der Waals surface area (Å²) in [6.45, 7) is 1.97. The van der Waals surface area contributed by atoms with E-state index in [0.29, 0.717) is 10.8 Å². The highest BCUT2D eigenvalue weighted by Gasteiger charge is 2.11. The number of ether oxygens (including phenoxy) is 1. The van der Waals surface area contributed by atoms with Crippen LogP contribution in [0.1, 0.15) is 29.0 Å². The summed E-state index contributed by atoms with van der Waals surface area (Å²) in [7, 11) is 1.30. The van der Waals surface area contributed by atoms with Crippen molar-refractivity contribution in [3.63, 3.8) is 0 Å². The van der Waals surface area contributed by atoms with Gasteiger partial charge in [-0.05, 0) is 18.6 Å². The van der Waals surface area contributed by atoms with Gasteiger partial charge in [0.15, 0.2) is 5.69 Å². The fourth-order valence-corrected chi connectivity index (χ4v) is 2.04. The standard InChI is InChI=1S/C14H14ClN3O2/c1-9(10-5-3-4-6-11(10)15)18-13-8-16-12(7-17-13)14(19)20-2/h3-9H,1-2H3,(H,17,18). The molecule has 1 aromatic carbocycles. The molecule has 104 valence electrons. The zero-order chi connectivity index (χ0) is 14.5. The first-order valence-corrected chi connectivity index (χ1v) is 6.41. The van der Waals surface area contributed by atoms with Crippen LogP contribution in [0.4, 0.5) is 5.82 Å². The van der Waals surface area contributed by atoms with E-state index < -0.39 is 5.97 Å². The topological polar surface area (TPSA) is 64.1 Å². The summed E-state index contributed by atoms with van der Waals surface area (Å²) in [4.78, 5) is 19.4. The molecule has 0 saturated carbocycles. The molecular formula is C14H14ClN3O2. The molecule has 2 rings (SSSR count). The molecule has 5 nitrogen and oxygen atoms in total. The van der Waals surface area contributed by atoms with Gasteiger partial charge in [0, 0.05) is 5.02 Å². The molecule has 0 aliphatic carbocycles. The van der Waals surface area contributed by atoms with Crippen molar-refractivity contribution in [2.75, 3.05) is 12.4 Å². The lowest BCUT2D eigenvalue weighted by Gasteiger charge is -2.15. The first-order chi connectivity index (χ1) is 9.61. The van der Waals surface area contributed by atoms with Crippen LogP contribution in [0.15, 0.2) is 36.7 Å². The van der Waals surface area contributed by atoms with E-state index in [9.17, 15) is 4.79 Å². The molecule has 1 atom stereocenters. The van der Waals surface area contributed by atoms with E-state index in [2.05, 4.69) is 20.0 Å². The number of carbonyl (C=O) groups is 1. The zero-order valence-corrected chi connectivity index (χ0v) is 11.9. The first-order valence-electron chi connectivity index (χ1n) is 6.03. The fraction of sp³-hybridized carbons (Fsp3) is 0.214. The Kier molecular flexibility index (Phi) is 4.53. The molecule has 0 amide bonds. The summed E-state index contributed by atoms with van der Waals surface area (Å²) in [5.74, 6) is 0.0493. The summed E-state index contributed by atoms with van der Waals surface area (Å²) in [6, 6.07) is 7.55. The number of anilines is 1. The number of carbonyl (C=O) groups excluding carboxylic acids is 1. The Balaban J connectivity index is 2.10. The third kappa shape index (κ3) is 3.24. The van der Waals surface area contributed by atoms with Gasteiger partial charge in [-0.2, -0.15) is 0 Å². The molecule has 1 aromatic heterocycles. The van der Waals surface area contributed by atoms with Crippen molar-refractivity contribution < 1.29 is 9.53 Å². The fourth-order valence-electron chi connectivity index (χ4n) is 1.74. The van der Waals surface area contributed by atoms with Crippen LogP contribution in [-0.4, -0.2) is 23.0 Å². The van der Waals surface area contributed by atoms with Crippen LogP contribution in [0.3, 0.4) is 0 Å². The lowest BCUT2D eigenvalue weighted by molar-refractivity contribution is 0.0593. The Hall–Kier alpha value is -2.14. The van der Waals surface area contributed by atoms with Crippen LogP contribution in [-0.2, 0) is 4.74 Å². The second kappa shape index (κ2) is 6.34. The normalized spacial score (nSPS) is 11.8. The van der Waals surface area contributed by atoms with Crippen LogP contribution in [0.25, 0.3) is 0 Å². The van der Waals surface area contributed by atoms with Crippen molar-refractivity contribution in [3.05, 3.63) is 52.9 Å². The van der Waals surface area contributed by atoms with Crippen molar-refractivity contribution in [2.45, 2.75) is 13.0 Å². The van der Waals surface area contributed by atoms with E-state index in [-0.39, 0.29) is 11.7 Å². The molecule has 6 heteroatoms. The van der Waals surface area contributed by atoms with Crippen LogP contribution in [0, 0.1) is 0 Å². The monoisotopic (exact) mass is 291 g/mol. The minimum Gasteiger partial charge on any atom is -0.464 e. The van der Waals surface area contributed by atoms with Gasteiger partial charge in [-0.1, -0.05) is 29.8 Å². The molecule has 0 spiro atoms. The maximum absolute atomic E-state index is 11.3. The number of rotatable bonds is 4. The molecule has 0 saturated heterocycles. The number of aromatic nitrogens is 2. The molecule has 1 N–H and O–H groups in total. The Morgan fingerprint density at radius 3 is 2.65 bits per heavy atom. The number of hydrogen-bond donors (Lipinski definition) is 1.